The van der Waals surface area contributed by atoms with Gasteiger partial charge in [-0.2, -0.15) is 0 Å². The van der Waals surface area contributed by atoms with Crippen molar-refractivity contribution in [1.29, 1.82) is 0 Å². The van der Waals surface area contributed by atoms with Gasteiger partial charge in [-0.25, -0.2) is 0 Å². The fraction of sp³-hybridized carbons (Fsp3) is 0.782. The summed E-state index contributed by atoms with van der Waals surface area (Å²) in [6, 6.07) is 0. The van der Waals surface area contributed by atoms with E-state index in [2.05, 4.69) is 81.5 Å². The minimum Gasteiger partial charge on any atom is -0.463 e. The highest BCUT2D eigenvalue weighted by molar-refractivity contribution is 5.69. The lowest BCUT2D eigenvalue weighted by Gasteiger charge is -2.18. The number of hydrogen-bond donors (Lipinski definition) is 0. The van der Waals surface area contributed by atoms with Gasteiger partial charge >= 0.3 is 11.9 Å². The van der Waals surface area contributed by atoms with E-state index in [1.165, 1.54) is 148 Å². The predicted molar refractivity (Wildman–Crippen MR) is 261 cm³/mol. The zero-order valence-electron chi connectivity index (χ0n) is 40.0. The van der Waals surface area contributed by atoms with E-state index in [0.717, 1.165) is 70.6 Å². The average Bonchev–Trinajstić information content (AvgIpc) is 3.25. The van der Waals surface area contributed by atoms with Crippen molar-refractivity contribution in [3.8, 4) is 0 Å². The Bertz CT molecular complexity index is 1040. The van der Waals surface area contributed by atoms with Crippen molar-refractivity contribution in [3.63, 3.8) is 0 Å². The molecule has 0 saturated carbocycles. The summed E-state index contributed by atoms with van der Waals surface area (Å²) in [5, 5.41) is 0. The van der Waals surface area contributed by atoms with E-state index >= 15 is 0 Å². The van der Waals surface area contributed by atoms with E-state index in [0.29, 0.717) is 19.4 Å². The monoisotopic (exact) mass is 839 g/mol. The minimum absolute atomic E-state index is 0.130. The fourth-order valence-corrected chi connectivity index (χ4v) is 7.23. The van der Waals surface area contributed by atoms with Crippen LogP contribution in [0.1, 0.15) is 252 Å². The Hall–Kier alpha value is -2.40. The fourth-order valence-electron chi connectivity index (χ4n) is 7.23. The number of allylic oxidation sites excluding steroid dienone is 10. The van der Waals surface area contributed by atoms with Crippen LogP contribution in [0.15, 0.2) is 60.8 Å². The average molecular weight is 839 g/mol. The second kappa shape index (κ2) is 51.0. The largest absolute Gasteiger partial charge is 0.463 e. The molecule has 0 heterocycles. The molecule has 348 valence electrons. The first-order valence-corrected chi connectivity index (χ1v) is 25.8. The number of esters is 2. The van der Waals surface area contributed by atoms with Crippen molar-refractivity contribution < 1.29 is 23.8 Å². The van der Waals surface area contributed by atoms with Crippen LogP contribution < -0.4 is 0 Å². The van der Waals surface area contributed by atoms with Gasteiger partial charge in [0.1, 0.15) is 19.3 Å². The quantitative estimate of drug-likeness (QED) is 0.0347. The van der Waals surface area contributed by atoms with Crippen LogP contribution in [0.2, 0.25) is 0 Å². The third kappa shape index (κ3) is 48.3. The van der Waals surface area contributed by atoms with Gasteiger partial charge in [-0.1, -0.05) is 242 Å². The molecule has 0 N–H and O–H groups in total. The van der Waals surface area contributed by atoms with E-state index in [9.17, 15) is 9.59 Å². The molecule has 1 atom stereocenters. The summed E-state index contributed by atoms with van der Waals surface area (Å²) in [5.74, 6) is -0.393. The van der Waals surface area contributed by atoms with Crippen molar-refractivity contribution in [2.45, 2.75) is 258 Å². The summed E-state index contributed by atoms with van der Waals surface area (Å²) in [7, 11) is 0. The number of ether oxygens (including phenoxy) is 3. The highest BCUT2D eigenvalue weighted by atomic mass is 16.6. The molecule has 60 heavy (non-hydrogen) atoms. The molecule has 5 nitrogen and oxygen atoms in total. The number of unbranched alkanes of at least 4 members (excludes halogenated alkanes) is 26. The van der Waals surface area contributed by atoms with Crippen molar-refractivity contribution in [2.24, 2.45) is 0 Å². The number of rotatable bonds is 47. The van der Waals surface area contributed by atoms with E-state index in [1.807, 2.05) is 0 Å². The first-order valence-electron chi connectivity index (χ1n) is 25.8. The second-order valence-corrected chi connectivity index (χ2v) is 17.0. The second-order valence-electron chi connectivity index (χ2n) is 17.0. The van der Waals surface area contributed by atoms with Crippen LogP contribution in [0.25, 0.3) is 0 Å². The number of hydrogen-bond acceptors (Lipinski definition) is 5. The van der Waals surface area contributed by atoms with Crippen LogP contribution in [0.4, 0.5) is 0 Å². The highest BCUT2D eigenvalue weighted by Gasteiger charge is 2.16. The molecule has 0 unspecified atom stereocenters. The maximum atomic E-state index is 12.6. The maximum absolute atomic E-state index is 12.6. The summed E-state index contributed by atoms with van der Waals surface area (Å²) in [4.78, 5) is 25.1. The van der Waals surface area contributed by atoms with Crippen molar-refractivity contribution in [3.05, 3.63) is 60.8 Å². The van der Waals surface area contributed by atoms with Crippen LogP contribution in [-0.4, -0.2) is 37.9 Å². The van der Waals surface area contributed by atoms with Crippen molar-refractivity contribution in [1.82, 2.24) is 0 Å². The number of carbonyl (C=O) groups is 2. The lowest BCUT2D eigenvalue weighted by Crippen LogP contribution is -2.29. The Balaban J connectivity index is 4.31. The third-order valence-corrected chi connectivity index (χ3v) is 11.1. The molecule has 0 saturated heterocycles. The smallest absolute Gasteiger partial charge is 0.305 e. The van der Waals surface area contributed by atoms with Gasteiger partial charge in [0.05, 0.1) is 0 Å². The third-order valence-electron chi connectivity index (χ3n) is 11.1. The molecule has 0 aliphatic carbocycles. The molecule has 0 aromatic rings. The summed E-state index contributed by atoms with van der Waals surface area (Å²) in [6.07, 6.45) is 64.0. The SMILES string of the molecule is CC/C=C\C/C=C\C/C=C\C/C=C\C/C=C\CCCC(=O)OC[C@H](COC(=O)CCCCCCCCCCCCC)OCCCCCCCCCCCCCCCCCC. The molecule has 0 spiro atoms. The Morgan fingerprint density at radius 1 is 0.367 bits per heavy atom. The van der Waals surface area contributed by atoms with Gasteiger partial charge < -0.3 is 14.2 Å². The standard InChI is InChI=1S/C55H98O5/c1-4-7-10-13-16-19-22-24-26-28-29-31-34-37-40-43-46-49-55(57)60-52-53(51-59-54(56)48-45-42-39-36-33-21-18-15-12-9-6-3)58-50-47-44-41-38-35-32-30-27-25-23-20-17-14-11-8-5-2/h7,10,16,19,24,26,29,31,37,40,53H,4-6,8-9,11-15,17-18,20-23,25,27-28,30,32-36,38-39,41-52H2,1-3H3/b10-7-,19-16-,26-24-,31-29-,40-37-/t53-/m0/s1. The van der Waals surface area contributed by atoms with Crippen LogP contribution >= 0.6 is 0 Å². The van der Waals surface area contributed by atoms with Crippen LogP contribution in [0.5, 0.6) is 0 Å². The van der Waals surface area contributed by atoms with Gasteiger partial charge in [0.2, 0.25) is 0 Å². The molecule has 0 fully saturated rings. The predicted octanol–water partition coefficient (Wildman–Crippen LogP) is 17.3. The Kier molecular flexibility index (Phi) is 48.9. The van der Waals surface area contributed by atoms with E-state index in [-0.39, 0.29) is 25.2 Å². The first kappa shape index (κ1) is 57.6. The van der Waals surface area contributed by atoms with Crippen LogP contribution in [0.3, 0.4) is 0 Å². The van der Waals surface area contributed by atoms with Gasteiger partial charge in [0.15, 0.2) is 0 Å². The Morgan fingerprint density at radius 3 is 1.07 bits per heavy atom. The normalized spacial score (nSPS) is 12.7. The molecular weight excluding hydrogens is 741 g/mol. The molecule has 0 aliphatic rings. The first-order chi connectivity index (χ1) is 29.6. The number of carbonyl (C=O) groups excluding carboxylic acids is 2. The zero-order valence-corrected chi connectivity index (χ0v) is 40.0. The van der Waals surface area contributed by atoms with Gasteiger partial charge in [-0.05, 0) is 57.8 Å². The molecule has 0 bridgehead atoms. The minimum atomic E-state index is -0.419. The topological polar surface area (TPSA) is 61.8 Å². The van der Waals surface area contributed by atoms with Crippen LogP contribution in [0, 0.1) is 0 Å². The summed E-state index contributed by atoms with van der Waals surface area (Å²) in [5.41, 5.74) is 0. The molecule has 0 radical (unpaired) electrons. The van der Waals surface area contributed by atoms with Gasteiger partial charge in [-0.3, -0.25) is 9.59 Å². The Morgan fingerprint density at radius 2 is 0.683 bits per heavy atom. The van der Waals surface area contributed by atoms with Gasteiger partial charge in [0, 0.05) is 19.4 Å². The van der Waals surface area contributed by atoms with Gasteiger partial charge in [0.25, 0.3) is 0 Å². The molecule has 0 rings (SSSR count). The van der Waals surface area contributed by atoms with Crippen molar-refractivity contribution in [2.75, 3.05) is 19.8 Å². The van der Waals surface area contributed by atoms with Crippen LogP contribution in [-0.2, 0) is 23.8 Å². The summed E-state index contributed by atoms with van der Waals surface area (Å²) < 4.78 is 17.4. The molecule has 0 aromatic heterocycles. The lowest BCUT2D eigenvalue weighted by atomic mass is 10.0. The summed E-state index contributed by atoms with van der Waals surface area (Å²) in [6.45, 7) is 7.57. The van der Waals surface area contributed by atoms with E-state index < -0.39 is 6.10 Å². The zero-order chi connectivity index (χ0) is 43.5. The Labute approximate surface area is 373 Å². The molecular formula is C55H98O5. The highest BCUT2D eigenvalue weighted by Crippen LogP contribution is 2.15. The maximum Gasteiger partial charge on any atom is 0.305 e. The van der Waals surface area contributed by atoms with E-state index in [4.69, 9.17) is 14.2 Å². The molecule has 0 amide bonds. The lowest BCUT2D eigenvalue weighted by molar-refractivity contribution is -0.155. The van der Waals surface area contributed by atoms with Crippen molar-refractivity contribution >= 4 is 11.9 Å². The van der Waals surface area contributed by atoms with Gasteiger partial charge in [-0.15, -0.1) is 0 Å². The summed E-state index contributed by atoms with van der Waals surface area (Å²) >= 11 is 0. The molecule has 5 heteroatoms. The molecule has 0 aliphatic heterocycles. The van der Waals surface area contributed by atoms with E-state index in [1.54, 1.807) is 0 Å². The molecule has 0 aromatic carbocycles.